The number of hydrogen-bond donors (Lipinski definition) is 2. The Labute approximate surface area is 151 Å². The summed E-state index contributed by atoms with van der Waals surface area (Å²) >= 11 is 6.12. The van der Waals surface area contributed by atoms with Gasteiger partial charge in [0.25, 0.3) is 5.91 Å². The van der Waals surface area contributed by atoms with Crippen LogP contribution < -0.4 is 10.6 Å². The number of aromatic nitrogens is 2. The molecule has 2 aromatic carbocycles. The van der Waals surface area contributed by atoms with Gasteiger partial charge in [-0.2, -0.15) is 0 Å². The van der Waals surface area contributed by atoms with E-state index < -0.39 is 0 Å². The van der Waals surface area contributed by atoms with E-state index in [1.54, 1.807) is 12.1 Å². The standard InChI is InChI=1S/C19H17ClN4O/c1-13(14-7-3-2-4-8-14)22-18(25)17-11-12-21-19(24-17)23-16-10-6-5-9-15(16)20/h2-13H,1H3,(H,22,25)(H,21,23,24). The number of halogens is 1. The van der Waals surface area contributed by atoms with Crippen LogP contribution >= 0.6 is 11.6 Å². The van der Waals surface area contributed by atoms with Crippen molar-refractivity contribution in [1.29, 1.82) is 0 Å². The van der Waals surface area contributed by atoms with Crippen LogP contribution in [0.4, 0.5) is 11.6 Å². The smallest absolute Gasteiger partial charge is 0.270 e. The molecule has 25 heavy (non-hydrogen) atoms. The summed E-state index contributed by atoms with van der Waals surface area (Å²) in [5.41, 5.74) is 1.99. The monoisotopic (exact) mass is 352 g/mol. The van der Waals surface area contributed by atoms with Crippen molar-refractivity contribution in [3.63, 3.8) is 0 Å². The van der Waals surface area contributed by atoms with Crippen LogP contribution in [0.15, 0.2) is 66.9 Å². The van der Waals surface area contributed by atoms with Crippen LogP contribution in [0, 0.1) is 0 Å². The third kappa shape index (κ3) is 4.33. The second-order valence-corrected chi connectivity index (χ2v) is 5.88. The Hall–Kier alpha value is -2.92. The zero-order chi connectivity index (χ0) is 17.6. The van der Waals surface area contributed by atoms with Crippen molar-refractivity contribution in [3.8, 4) is 0 Å². The van der Waals surface area contributed by atoms with Gasteiger partial charge in [-0.1, -0.05) is 54.1 Å². The predicted octanol–water partition coefficient (Wildman–Crippen LogP) is 4.36. The molecular formula is C19H17ClN4O. The fourth-order valence-electron chi connectivity index (χ4n) is 2.32. The molecule has 1 atom stereocenters. The number of para-hydroxylation sites is 1. The van der Waals surface area contributed by atoms with Crippen molar-refractivity contribution in [2.45, 2.75) is 13.0 Å². The van der Waals surface area contributed by atoms with Gasteiger partial charge in [0, 0.05) is 6.20 Å². The van der Waals surface area contributed by atoms with Crippen molar-refractivity contribution < 1.29 is 4.79 Å². The predicted molar refractivity (Wildman–Crippen MR) is 99.1 cm³/mol. The summed E-state index contributed by atoms with van der Waals surface area (Å²) in [6.45, 7) is 1.93. The average molecular weight is 353 g/mol. The molecule has 1 unspecified atom stereocenters. The molecule has 0 spiro atoms. The second-order valence-electron chi connectivity index (χ2n) is 5.48. The van der Waals surface area contributed by atoms with Crippen LogP contribution in [-0.2, 0) is 0 Å². The lowest BCUT2D eigenvalue weighted by Crippen LogP contribution is -2.27. The zero-order valence-corrected chi connectivity index (χ0v) is 14.4. The molecule has 1 aromatic heterocycles. The van der Waals surface area contributed by atoms with Crippen LogP contribution in [0.2, 0.25) is 5.02 Å². The first kappa shape index (κ1) is 16.9. The molecule has 0 radical (unpaired) electrons. The number of carbonyl (C=O) groups is 1. The summed E-state index contributed by atoms with van der Waals surface area (Å²) < 4.78 is 0. The van der Waals surface area contributed by atoms with Crippen LogP contribution in [0.5, 0.6) is 0 Å². The molecule has 0 fully saturated rings. The quantitative estimate of drug-likeness (QED) is 0.715. The number of benzene rings is 2. The lowest BCUT2D eigenvalue weighted by Gasteiger charge is -2.14. The van der Waals surface area contributed by atoms with E-state index in [1.807, 2.05) is 55.5 Å². The van der Waals surface area contributed by atoms with E-state index in [9.17, 15) is 4.79 Å². The van der Waals surface area contributed by atoms with Crippen molar-refractivity contribution in [3.05, 3.63) is 83.1 Å². The maximum Gasteiger partial charge on any atom is 0.270 e. The van der Waals surface area contributed by atoms with Gasteiger partial charge in [-0.15, -0.1) is 0 Å². The Kier molecular flexibility index (Phi) is 5.26. The first-order valence-electron chi connectivity index (χ1n) is 7.84. The number of rotatable bonds is 5. The van der Waals surface area contributed by atoms with Crippen LogP contribution in [-0.4, -0.2) is 15.9 Å². The van der Waals surface area contributed by atoms with Gasteiger partial charge >= 0.3 is 0 Å². The van der Waals surface area contributed by atoms with Gasteiger partial charge in [0.1, 0.15) is 5.69 Å². The number of amides is 1. The largest absolute Gasteiger partial charge is 0.344 e. The summed E-state index contributed by atoms with van der Waals surface area (Å²) in [4.78, 5) is 20.8. The lowest BCUT2D eigenvalue weighted by molar-refractivity contribution is 0.0935. The summed E-state index contributed by atoms with van der Waals surface area (Å²) in [6, 6.07) is 18.5. The highest BCUT2D eigenvalue weighted by Gasteiger charge is 2.13. The van der Waals surface area contributed by atoms with E-state index in [0.717, 1.165) is 5.56 Å². The summed E-state index contributed by atoms with van der Waals surface area (Å²) in [5, 5.41) is 6.50. The molecule has 126 valence electrons. The molecule has 3 aromatic rings. The minimum Gasteiger partial charge on any atom is -0.344 e. The van der Waals surface area contributed by atoms with Gasteiger partial charge < -0.3 is 10.6 Å². The van der Waals surface area contributed by atoms with Gasteiger partial charge in [-0.25, -0.2) is 9.97 Å². The van der Waals surface area contributed by atoms with E-state index in [1.165, 1.54) is 6.20 Å². The third-order valence-electron chi connectivity index (χ3n) is 3.66. The van der Waals surface area contributed by atoms with Crippen molar-refractivity contribution in [2.75, 3.05) is 5.32 Å². The number of anilines is 2. The number of hydrogen-bond acceptors (Lipinski definition) is 4. The normalized spacial score (nSPS) is 11.6. The topological polar surface area (TPSA) is 66.9 Å². The van der Waals surface area contributed by atoms with E-state index in [-0.39, 0.29) is 17.6 Å². The number of nitrogens with zero attached hydrogens (tertiary/aromatic N) is 2. The van der Waals surface area contributed by atoms with Crippen molar-refractivity contribution >= 4 is 29.1 Å². The van der Waals surface area contributed by atoms with Crippen LogP contribution in [0.25, 0.3) is 0 Å². The van der Waals surface area contributed by atoms with Gasteiger partial charge in [-0.05, 0) is 30.7 Å². The molecule has 3 rings (SSSR count). The molecule has 1 heterocycles. The molecule has 2 N–H and O–H groups in total. The number of nitrogens with one attached hydrogen (secondary N) is 2. The molecule has 0 saturated heterocycles. The maximum atomic E-state index is 12.4. The van der Waals surface area contributed by atoms with Gasteiger partial charge in [0.05, 0.1) is 16.8 Å². The van der Waals surface area contributed by atoms with Crippen molar-refractivity contribution in [1.82, 2.24) is 15.3 Å². The van der Waals surface area contributed by atoms with E-state index >= 15 is 0 Å². The second kappa shape index (κ2) is 7.77. The zero-order valence-electron chi connectivity index (χ0n) is 13.6. The first-order valence-corrected chi connectivity index (χ1v) is 8.21. The Morgan fingerprint density at radius 3 is 2.52 bits per heavy atom. The maximum absolute atomic E-state index is 12.4. The Morgan fingerprint density at radius 1 is 1.04 bits per heavy atom. The summed E-state index contributed by atoms with van der Waals surface area (Å²) in [5.74, 6) is 0.0501. The minimum atomic E-state index is -0.263. The first-order chi connectivity index (χ1) is 12.1. The molecule has 0 saturated carbocycles. The molecule has 0 aliphatic rings. The number of carbonyl (C=O) groups excluding carboxylic acids is 1. The highest BCUT2D eigenvalue weighted by molar-refractivity contribution is 6.33. The average Bonchev–Trinajstić information content (AvgIpc) is 2.64. The highest BCUT2D eigenvalue weighted by Crippen LogP contribution is 2.23. The Bertz CT molecular complexity index is 870. The molecular weight excluding hydrogens is 336 g/mol. The highest BCUT2D eigenvalue weighted by atomic mass is 35.5. The summed E-state index contributed by atoms with van der Waals surface area (Å²) in [6.07, 6.45) is 1.54. The Balaban J connectivity index is 1.72. The molecule has 5 nitrogen and oxygen atoms in total. The molecule has 0 bridgehead atoms. The lowest BCUT2D eigenvalue weighted by atomic mass is 10.1. The molecule has 0 aliphatic carbocycles. The fourth-order valence-corrected chi connectivity index (χ4v) is 2.51. The summed E-state index contributed by atoms with van der Waals surface area (Å²) in [7, 11) is 0. The Morgan fingerprint density at radius 2 is 1.76 bits per heavy atom. The molecule has 0 aliphatic heterocycles. The molecule has 6 heteroatoms. The van der Waals surface area contributed by atoms with Crippen LogP contribution in [0.1, 0.15) is 29.0 Å². The van der Waals surface area contributed by atoms with Crippen LogP contribution in [0.3, 0.4) is 0 Å². The SMILES string of the molecule is CC(NC(=O)c1ccnc(Nc2ccccc2Cl)n1)c1ccccc1. The third-order valence-corrected chi connectivity index (χ3v) is 3.99. The van der Waals surface area contributed by atoms with Gasteiger partial charge in [0.2, 0.25) is 5.95 Å². The van der Waals surface area contributed by atoms with Gasteiger partial charge in [0.15, 0.2) is 0 Å². The van der Waals surface area contributed by atoms with E-state index in [4.69, 9.17) is 11.6 Å². The van der Waals surface area contributed by atoms with E-state index in [0.29, 0.717) is 16.7 Å². The fraction of sp³-hybridized carbons (Fsp3) is 0.105. The minimum absolute atomic E-state index is 0.122. The van der Waals surface area contributed by atoms with E-state index in [2.05, 4.69) is 20.6 Å². The van der Waals surface area contributed by atoms with Crippen molar-refractivity contribution in [2.24, 2.45) is 0 Å². The van der Waals surface area contributed by atoms with Gasteiger partial charge in [-0.3, -0.25) is 4.79 Å². The molecule has 1 amide bonds.